The molecule has 0 aliphatic carbocycles. The Kier molecular flexibility index (Phi) is 6.67. The average molecular weight is 484 g/mol. The first-order valence-electron chi connectivity index (χ1n) is 10.8. The molecule has 0 aliphatic heterocycles. The van der Waals surface area contributed by atoms with Gasteiger partial charge in [0.05, 0.1) is 16.4 Å². The molecule has 0 unspecified atom stereocenters. The second-order valence-electron chi connectivity index (χ2n) is 7.56. The predicted octanol–water partition coefficient (Wildman–Crippen LogP) is 5.61. The highest BCUT2D eigenvalue weighted by molar-refractivity contribution is 7.91. The number of aromatic hydroxyl groups is 1. The third kappa shape index (κ3) is 4.27. The zero-order valence-electron chi connectivity index (χ0n) is 18.8. The van der Waals surface area contributed by atoms with E-state index in [1.54, 1.807) is 85.8 Å². The molecule has 7 heteroatoms. The molecule has 35 heavy (non-hydrogen) atoms. The number of esters is 1. The quantitative estimate of drug-likeness (QED) is 0.358. The van der Waals surface area contributed by atoms with Crippen LogP contribution in [0.3, 0.4) is 0 Å². The summed E-state index contributed by atoms with van der Waals surface area (Å²) in [6.07, 6.45) is 0. The third-order valence-electron chi connectivity index (χ3n) is 5.47. The van der Waals surface area contributed by atoms with Gasteiger partial charge in [-0.2, -0.15) is 5.26 Å². The van der Waals surface area contributed by atoms with Crippen molar-refractivity contribution >= 4 is 15.8 Å². The number of carbonyl (C=O) groups excluding carboxylic acids is 1. The van der Waals surface area contributed by atoms with Crippen molar-refractivity contribution in [3.8, 4) is 34.1 Å². The number of hydrogen-bond acceptors (Lipinski definition) is 6. The van der Waals surface area contributed by atoms with E-state index in [1.165, 1.54) is 12.1 Å². The van der Waals surface area contributed by atoms with Gasteiger partial charge in [-0.25, -0.2) is 13.2 Å². The number of nitriles is 1. The minimum absolute atomic E-state index is 0.00437. The first-order chi connectivity index (χ1) is 16.9. The Morgan fingerprint density at radius 2 is 1.34 bits per heavy atom. The highest BCUT2D eigenvalue weighted by Crippen LogP contribution is 2.47. The summed E-state index contributed by atoms with van der Waals surface area (Å²) in [6, 6.07) is 26.6. The molecule has 0 spiro atoms. The van der Waals surface area contributed by atoms with Crippen molar-refractivity contribution < 1.29 is 23.1 Å². The fourth-order valence-electron chi connectivity index (χ4n) is 3.97. The van der Waals surface area contributed by atoms with E-state index < -0.39 is 21.6 Å². The van der Waals surface area contributed by atoms with Crippen molar-refractivity contribution in [3.05, 3.63) is 102 Å². The molecule has 0 heterocycles. The van der Waals surface area contributed by atoms with Gasteiger partial charge in [-0.3, -0.25) is 0 Å². The van der Waals surface area contributed by atoms with Crippen LogP contribution in [0.5, 0.6) is 5.75 Å². The number of rotatable bonds is 6. The summed E-state index contributed by atoms with van der Waals surface area (Å²) in [4.78, 5) is 12.8. The molecular formula is C28H21NO5S. The SMILES string of the molecule is CCOC(=O)c1c(O)c(C#N)c(-c2ccccc2)c(S(=O)(=O)c2ccccc2)c1-c1ccccc1. The number of phenolic OH excluding ortho intramolecular Hbond substituents is 1. The number of hydrogen-bond donors (Lipinski definition) is 1. The smallest absolute Gasteiger partial charge is 0.342 e. The van der Waals surface area contributed by atoms with Crippen LogP contribution in [0.4, 0.5) is 0 Å². The highest BCUT2D eigenvalue weighted by atomic mass is 32.2. The molecule has 1 N–H and O–H groups in total. The van der Waals surface area contributed by atoms with Gasteiger partial charge >= 0.3 is 5.97 Å². The molecule has 0 aliphatic rings. The standard InChI is InChI=1S/C28H21NO5S/c1-2-34-28(31)25-24(20-14-8-4-9-15-20)27(35(32,33)21-16-10-5-11-17-21)23(22(18-29)26(25)30)19-12-6-3-7-13-19/h3-17,30H,2H2,1H3. The van der Waals surface area contributed by atoms with Gasteiger partial charge in [-0.05, 0) is 30.2 Å². The molecule has 4 aromatic carbocycles. The Balaban J connectivity index is 2.30. The summed E-state index contributed by atoms with van der Waals surface area (Å²) in [5.74, 6) is -1.56. The zero-order chi connectivity index (χ0) is 25.0. The van der Waals surface area contributed by atoms with Gasteiger partial charge in [-0.1, -0.05) is 78.9 Å². The van der Waals surface area contributed by atoms with Crippen LogP contribution >= 0.6 is 0 Å². The molecule has 0 aromatic heterocycles. The van der Waals surface area contributed by atoms with Gasteiger partial charge in [0.15, 0.2) is 0 Å². The molecule has 0 atom stereocenters. The Morgan fingerprint density at radius 1 is 0.857 bits per heavy atom. The van der Waals surface area contributed by atoms with E-state index in [9.17, 15) is 23.6 Å². The van der Waals surface area contributed by atoms with Crippen molar-refractivity contribution in [2.45, 2.75) is 16.7 Å². The van der Waals surface area contributed by atoms with E-state index in [2.05, 4.69) is 0 Å². The summed E-state index contributed by atoms with van der Waals surface area (Å²) >= 11 is 0. The number of nitrogens with zero attached hydrogens (tertiary/aromatic N) is 1. The Labute approximate surface area is 203 Å². The molecule has 174 valence electrons. The summed E-state index contributed by atoms with van der Waals surface area (Å²) in [5, 5.41) is 21.3. The first-order valence-corrected chi connectivity index (χ1v) is 12.3. The van der Waals surface area contributed by atoms with Crippen LogP contribution in [0.25, 0.3) is 22.3 Å². The van der Waals surface area contributed by atoms with E-state index in [-0.39, 0.29) is 38.7 Å². The third-order valence-corrected chi connectivity index (χ3v) is 7.30. The summed E-state index contributed by atoms with van der Waals surface area (Å²) in [5.41, 5.74) is 0.0744. The average Bonchev–Trinajstić information content (AvgIpc) is 2.89. The first kappa shape index (κ1) is 23.7. The lowest BCUT2D eigenvalue weighted by Crippen LogP contribution is -2.14. The molecule has 4 rings (SSSR count). The Bertz CT molecular complexity index is 1530. The van der Waals surface area contributed by atoms with E-state index in [4.69, 9.17) is 4.74 Å². The molecule has 6 nitrogen and oxygen atoms in total. The van der Waals surface area contributed by atoms with E-state index >= 15 is 0 Å². The lowest BCUT2D eigenvalue weighted by atomic mass is 9.89. The van der Waals surface area contributed by atoms with Crippen LogP contribution in [-0.2, 0) is 14.6 Å². The van der Waals surface area contributed by atoms with Crippen molar-refractivity contribution in [1.29, 1.82) is 5.26 Å². The minimum Gasteiger partial charge on any atom is -0.506 e. The molecule has 4 aromatic rings. The van der Waals surface area contributed by atoms with E-state index in [0.29, 0.717) is 11.1 Å². The topological polar surface area (TPSA) is 104 Å². The van der Waals surface area contributed by atoms with E-state index in [0.717, 1.165) is 0 Å². The van der Waals surface area contributed by atoms with Gasteiger partial charge in [0.1, 0.15) is 22.9 Å². The lowest BCUT2D eigenvalue weighted by Gasteiger charge is -2.22. The predicted molar refractivity (Wildman–Crippen MR) is 132 cm³/mol. The van der Waals surface area contributed by atoms with Crippen LogP contribution in [0.1, 0.15) is 22.8 Å². The summed E-state index contributed by atoms with van der Waals surface area (Å²) in [7, 11) is -4.29. The van der Waals surface area contributed by atoms with Gasteiger partial charge < -0.3 is 9.84 Å². The molecule has 0 fully saturated rings. The highest BCUT2D eigenvalue weighted by Gasteiger charge is 2.36. The number of carbonyl (C=O) groups is 1. The summed E-state index contributed by atoms with van der Waals surface area (Å²) < 4.78 is 33.6. The van der Waals surface area contributed by atoms with Crippen LogP contribution < -0.4 is 0 Å². The number of phenols is 1. The van der Waals surface area contributed by atoms with Crippen LogP contribution in [0, 0.1) is 11.3 Å². The number of ether oxygens (including phenoxy) is 1. The van der Waals surface area contributed by atoms with Gasteiger partial charge in [-0.15, -0.1) is 0 Å². The minimum atomic E-state index is -4.29. The van der Waals surface area contributed by atoms with Crippen LogP contribution in [-0.4, -0.2) is 26.1 Å². The van der Waals surface area contributed by atoms with E-state index in [1.807, 2.05) is 6.07 Å². The van der Waals surface area contributed by atoms with Crippen LogP contribution in [0.15, 0.2) is 101 Å². The van der Waals surface area contributed by atoms with Gasteiger partial charge in [0.25, 0.3) is 0 Å². The maximum absolute atomic E-state index is 14.2. The normalized spacial score (nSPS) is 11.0. The molecule has 0 bridgehead atoms. The largest absolute Gasteiger partial charge is 0.506 e. The van der Waals surface area contributed by atoms with Crippen LogP contribution in [0.2, 0.25) is 0 Å². The number of sulfone groups is 1. The number of benzene rings is 4. The maximum atomic E-state index is 14.2. The monoisotopic (exact) mass is 483 g/mol. The second-order valence-corrected chi connectivity index (χ2v) is 9.45. The fourth-order valence-corrected chi connectivity index (χ4v) is 5.70. The lowest BCUT2D eigenvalue weighted by molar-refractivity contribution is 0.0523. The van der Waals surface area contributed by atoms with Gasteiger partial charge in [0, 0.05) is 11.1 Å². The van der Waals surface area contributed by atoms with Crippen molar-refractivity contribution in [2.75, 3.05) is 6.61 Å². The van der Waals surface area contributed by atoms with Crippen molar-refractivity contribution in [2.24, 2.45) is 0 Å². The van der Waals surface area contributed by atoms with Gasteiger partial charge in [0.2, 0.25) is 9.84 Å². The zero-order valence-corrected chi connectivity index (χ0v) is 19.6. The van der Waals surface area contributed by atoms with Crippen molar-refractivity contribution in [3.63, 3.8) is 0 Å². The molecular weight excluding hydrogens is 462 g/mol. The molecule has 0 saturated heterocycles. The Hall–Kier alpha value is -4.41. The molecule has 0 amide bonds. The maximum Gasteiger partial charge on any atom is 0.342 e. The molecule has 0 saturated carbocycles. The Morgan fingerprint density at radius 3 is 1.83 bits per heavy atom. The fraction of sp³-hybridized carbons (Fsp3) is 0.0714. The van der Waals surface area contributed by atoms with Crippen molar-refractivity contribution in [1.82, 2.24) is 0 Å². The second kappa shape index (κ2) is 9.84. The molecule has 0 radical (unpaired) electrons. The summed E-state index contributed by atoms with van der Waals surface area (Å²) in [6.45, 7) is 1.60.